The topological polar surface area (TPSA) is 146 Å². The number of phenols is 1. The molecule has 1 fully saturated rings. The van der Waals surface area contributed by atoms with E-state index in [0.717, 1.165) is 0 Å². The first-order valence-electron chi connectivity index (χ1n) is 9.02. The number of aliphatic hydroxyl groups excluding tert-OH is 4. The van der Waals surface area contributed by atoms with Gasteiger partial charge in [0.15, 0.2) is 5.78 Å². The number of phenolic OH excluding ortho intramolecular Hbond substituents is 1. The van der Waals surface area contributed by atoms with Crippen LogP contribution in [-0.4, -0.2) is 75.7 Å². The molecule has 0 unspecified atom stereocenters. The highest BCUT2D eigenvalue weighted by Gasteiger charge is 2.45. The highest BCUT2D eigenvalue weighted by atomic mass is 16.7. The standard InChI is InChI=1S/C20H24O9/c1-8-4-10-5-11(27-3)6-12(15(10)17(24)14(8)9(2)22)28-20-19(26)18(25)16(23)13(7-21)29-20/h4-6,13,16,18-21,23-26H,7H2,1-3H3/t13-,16+,18-,19-,20+/m1/s1. The summed E-state index contributed by atoms with van der Waals surface area (Å²) < 4.78 is 16.4. The van der Waals surface area contributed by atoms with Crippen molar-refractivity contribution in [3.8, 4) is 17.2 Å². The lowest BCUT2D eigenvalue weighted by molar-refractivity contribution is -0.277. The molecule has 2 aromatic carbocycles. The van der Waals surface area contributed by atoms with Gasteiger partial charge in [-0.1, -0.05) is 6.07 Å². The van der Waals surface area contributed by atoms with Crippen molar-refractivity contribution in [3.05, 3.63) is 29.3 Å². The van der Waals surface area contributed by atoms with Crippen LogP contribution in [-0.2, 0) is 4.74 Å². The molecule has 0 aromatic heterocycles. The summed E-state index contributed by atoms with van der Waals surface area (Å²) in [5.41, 5.74) is 0.691. The molecular weight excluding hydrogens is 384 g/mol. The predicted molar refractivity (Wildman–Crippen MR) is 101 cm³/mol. The Bertz CT molecular complexity index is 924. The molecule has 1 saturated heterocycles. The first kappa shape index (κ1) is 21.3. The SMILES string of the molecule is COc1cc(O[C@H]2O[C@H](CO)[C@H](O)[C@@H](O)[C@H]2O)c2c(O)c(C(C)=O)c(C)cc2c1. The quantitative estimate of drug-likeness (QED) is 0.439. The van der Waals surface area contributed by atoms with Crippen molar-refractivity contribution in [2.75, 3.05) is 13.7 Å². The molecule has 5 N–H and O–H groups in total. The van der Waals surface area contributed by atoms with Crippen LogP contribution in [0.3, 0.4) is 0 Å². The molecule has 29 heavy (non-hydrogen) atoms. The van der Waals surface area contributed by atoms with Crippen LogP contribution in [0.25, 0.3) is 10.8 Å². The second-order valence-corrected chi connectivity index (χ2v) is 7.01. The van der Waals surface area contributed by atoms with Gasteiger partial charge in [-0.3, -0.25) is 4.79 Å². The zero-order valence-corrected chi connectivity index (χ0v) is 16.2. The number of Topliss-reactive ketones (excluding diaryl/α,β-unsaturated/α-hetero) is 1. The van der Waals surface area contributed by atoms with Crippen LogP contribution in [0.1, 0.15) is 22.8 Å². The Morgan fingerprint density at radius 1 is 1.14 bits per heavy atom. The number of fused-ring (bicyclic) bond motifs is 1. The van der Waals surface area contributed by atoms with Gasteiger partial charge in [0.2, 0.25) is 6.29 Å². The van der Waals surface area contributed by atoms with Crippen molar-refractivity contribution in [1.29, 1.82) is 0 Å². The lowest BCUT2D eigenvalue weighted by Crippen LogP contribution is -2.60. The van der Waals surface area contributed by atoms with Gasteiger partial charge in [-0.25, -0.2) is 0 Å². The van der Waals surface area contributed by atoms with Gasteiger partial charge < -0.3 is 39.7 Å². The van der Waals surface area contributed by atoms with Gasteiger partial charge in [0.05, 0.1) is 24.7 Å². The second-order valence-electron chi connectivity index (χ2n) is 7.01. The Morgan fingerprint density at radius 2 is 1.83 bits per heavy atom. The van der Waals surface area contributed by atoms with E-state index in [0.29, 0.717) is 16.7 Å². The predicted octanol–water partition coefficient (Wildman–Crippen LogP) is 0.244. The summed E-state index contributed by atoms with van der Waals surface area (Å²) in [6.07, 6.45) is -7.39. The number of aliphatic hydroxyl groups is 4. The molecule has 0 saturated carbocycles. The van der Waals surface area contributed by atoms with E-state index >= 15 is 0 Å². The molecule has 0 amide bonds. The number of hydrogen-bond acceptors (Lipinski definition) is 9. The van der Waals surface area contributed by atoms with Crippen LogP contribution in [0.4, 0.5) is 0 Å². The maximum absolute atomic E-state index is 12.0. The fraction of sp³-hybridized carbons (Fsp3) is 0.450. The molecule has 9 nitrogen and oxygen atoms in total. The van der Waals surface area contributed by atoms with E-state index in [2.05, 4.69) is 0 Å². The molecule has 9 heteroatoms. The lowest BCUT2D eigenvalue weighted by Gasteiger charge is -2.39. The molecule has 5 atom stereocenters. The van der Waals surface area contributed by atoms with Crippen LogP contribution >= 0.6 is 0 Å². The fourth-order valence-corrected chi connectivity index (χ4v) is 3.54. The van der Waals surface area contributed by atoms with E-state index in [4.69, 9.17) is 14.2 Å². The number of ether oxygens (including phenoxy) is 3. The number of hydrogen-bond donors (Lipinski definition) is 5. The zero-order chi connectivity index (χ0) is 21.5. The molecule has 1 aliphatic rings. The Morgan fingerprint density at radius 3 is 2.41 bits per heavy atom. The molecular formula is C20H24O9. The van der Waals surface area contributed by atoms with E-state index in [1.165, 1.54) is 20.1 Å². The molecule has 3 rings (SSSR count). The van der Waals surface area contributed by atoms with Crippen LogP contribution in [0.15, 0.2) is 18.2 Å². The summed E-state index contributed by atoms with van der Waals surface area (Å²) in [6, 6.07) is 4.77. The summed E-state index contributed by atoms with van der Waals surface area (Å²) in [5.74, 6) is -0.221. The molecule has 1 aliphatic heterocycles. The minimum absolute atomic E-state index is 0.0312. The highest BCUT2D eigenvalue weighted by Crippen LogP contribution is 2.41. The smallest absolute Gasteiger partial charge is 0.229 e. The van der Waals surface area contributed by atoms with Gasteiger partial charge in [0.1, 0.15) is 41.7 Å². The number of carbonyl (C=O) groups excluding carboxylic acids is 1. The third-order valence-corrected chi connectivity index (χ3v) is 5.03. The number of carbonyl (C=O) groups is 1. The Labute approximate surface area is 166 Å². The van der Waals surface area contributed by atoms with Crippen LogP contribution in [0, 0.1) is 6.92 Å². The number of aromatic hydroxyl groups is 1. The third kappa shape index (κ3) is 3.75. The monoisotopic (exact) mass is 408 g/mol. The molecule has 0 spiro atoms. The maximum Gasteiger partial charge on any atom is 0.229 e. The zero-order valence-electron chi connectivity index (χ0n) is 16.2. The minimum Gasteiger partial charge on any atom is -0.506 e. The first-order chi connectivity index (χ1) is 13.7. The van der Waals surface area contributed by atoms with E-state index in [1.807, 2.05) is 0 Å². The molecule has 0 radical (unpaired) electrons. The number of benzene rings is 2. The fourth-order valence-electron chi connectivity index (χ4n) is 3.54. The summed E-state index contributed by atoms with van der Waals surface area (Å²) in [6.45, 7) is 2.41. The van der Waals surface area contributed by atoms with Gasteiger partial charge in [-0.05, 0) is 30.9 Å². The highest BCUT2D eigenvalue weighted by molar-refractivity contribution is 6.07. The van der Waals surface area contributed by atoms with Crippen molar-refractivity contribution in [2.24, 2.45) is 0 Å². The Hall–Kier alpha value is -2.43. The Kier molecular flexibility index (Phi) is 5.97. The van der Waals surface area contributed by atoms with Crippen molar-refractivity contribution < 1.29 is 44.5 Å². The summed E-state index contributed by atoms with van der Waals surface area (Å²) in [4.78, 5) is 12.0. The average Bonchev–Trinajstić information content (AvgIpc) is 2.67. The first-order valence-corrected chi connectivity index (χ1v) is 9.02. The Balaban J connectivity index is 2.13. The number of ketones is 1. The summed E-state index contributed by atoms with van der Waals surface area (Å²) in [5, 5.41) is 51.0. The largest absolute Gasteiger partial charge is 0.506 e. The van der Waals surface area contributed by atoms with Crippen LogP contribution in [0.2, 0.25) is 0 Å². The van der Waals surface area contributed by atoms with E-state index in [-0.39, 0.29) is 28.2 Å². The summed E-state index contributed by atoms with van der Waals surface area (Å²) >= 11 is 0. The second kappa shape index (κ2) is 8.13. The summed E-state index contributed by atoms with van der Waals surface area (Å²) in [7, 11) is 1.44. The average molecular weight is 408 g/mol. The lowest BCUT2D eigenvalue weighted by atomic mass is 9.96. The van der Waals surface area contributed by atoms with Gasteiger partial charge in [-0.15, -0.1) is 0 Å². The molecule has 1 heterocycles. The van der Waals surface area contributed by atoms with Gasteiger partial charge in [-0.2, -0.15) is 0 Å². The van der Waals surface area contributed by atoms with Gasteiger partial charge in [0, 0.05) is 6.07 Å². The molecule has 0 aliphatic carbocycles. The normalized spacial score (nSPS) is 27.1. The third-order valence-electron chi connectivity index (χ3n) is 5.03. The van der Waals surface area contributed by atoms with Crippen molar-refractivity contribution in [3.63, 3.8) is 0 Å². The van der Waals surface area contributed by atoms with Crippen molar-refractivity contribution in [1.82, 2.24) is 0 Å². The van der Waals surface area contributed by atoms with Gasteiger partial charge >= 0.3 is 0 Å². The van der Waals surface area contributed by atoms with E-state index in [1.54, 1.807) is 19.1 Å². The van der Waals surface area contributed by atoms with Crippen molar-refractivity contribution >= 4 is 16.6 Å². The molecule has 2 aromatic rings. The molecule has 0 bridgehead atoms. The minimum atomic E-state index is -1.63. The van der Waals surface area contributed by atoms with Crippen molar-refractivity contribution in [2.45, 2.75) is 44.6 Å². The van der Waals surface area contributed by atoms with Gasteiger partial charge in [0.25, 0.3) is 0 Å². The maximum atomic E-state index is 12.0. The number of methoxy groups -OCH3 is 1. The van der Waals surface area contributed by atoms with E-state index in [9.17, 15) is 30.3 Å². The number of aryl methyl sites for hydroxylation is 1. The van der Waals surface area contributed by atoms with Crippen LogP contribution < -0.4 is 9.47 Å². The molecule has 158 valence electrons. The van der Waals surface area contributed by atoms with Crippen LogP contribution in [0.5, 0.6) is 17.2 Å². The number of rotatable bonds is 5. The van der Waals surface area contributed by atoms with E-state index < -0.39 is 37.3 Å².